The van der Waals surface area contributed by atoms with Crippen LogP contribution < -0.4 is 4.74 Å². The van der Waals surface area contributed by atoms with Gasteiger partial charge in [-0.3, -0.25) is 9.69 Å². The van der Waals surface area contributed by atoms with Crippen LogP contribution in [0.15, 0.2) is 36.1 Å². The number of piperidine rings is 1. The molecule has 2 heterocycles. The van der Waals surface area contributed by atoms with Gasteiger partial charge in [0.2, 0.25) is 5.78 Å². The number of ether oxygens (including phenoxy) is 1. The molecule has 28 heavy (non-hydrogen) atoms. The molecule has 4 heteroatoms. The van der Waals surface area contributed by atoms with Crippen LogP contribution in [0.3, 0.4) is 0 Å². The third kappa shape index (κ3) is 3.45. The highest BCUT2D eigenvalue weighted by atomic mass is 16.5. The van der Waals surface area contributed by atoms with Crippen LogP contribution in [-0.2, 0) is 6.54 Å². The number of ketones is 1. The molecule has 0 aromatic heterocycles. The van der Waals surface area contributed by atoms with Gasteiger partial charge in [0.15, 0.2) is 5.76 Å². The fourth-order valence-electron chi connectivity index (χ4n) is 4.07. The molecule has 1 N–H and O–H groups in total. The smallest absolute Gasteiger partial charge is 0.232 e. The van der Waals surface area contributed by atoms with Gasteiger partial charge >= 0.3 is 0 Å². The summed E-state index contributed by atoms with van der Waals surface area (Å²) in [6, 6.07) is 9.61. The van der Waals surface area contributed by atoms with Crippen LogP contribution in [0.2, 0.25) is 0 Å². The van der Waals surface area contributed by atoms with E-state index in [4.69, 9.17) is 4.74 Å². The number of carbonyl (C=O) groups is 1. The van der Waals surface area contributed by atoms with Crippen molar-refractivity contribution in [1.82, 2.24) is 4.90 Å². The van der Waals surface area contributed by atoms with Crippen molar-refractivity contribution in [1.29, 1.82) is 0 Å². The summed E-state index contributed by atoms with van der Waals surface area (Å²) in [6.45, 7) is 8.75. The Hall–Kier alpha value is -2.59. The van der Waals surface area contributed by atoms with E-state index in [1.807, 2.05) is 38.1 Å². The van der Waals surface area contributed by atoms with E-state index in [2.05, 4.69) is 11.8 Å². The lowest BCUT2D eigenvalue weighted by atomic mass is 9.96. The fraction of sp³-hybridized carbons (Fsp3) is 0.375. The predicted molar refractivity (Wildman–Crippen MR) is 111 cm³/mol. The summed E-state index contributed by atoms with van der Waals surface area (Å²) in [5, 5.41) is 10.6. The minimum Gasteiger partial charge on any atom is -0.507 e. The van der Waals surface area contributed by atoms with Crippen LogP contribution in [0.1, 0.15) is 52.4 Å². The van der Waals surface area contributed by atoms with Gasteiger partial charge in [0.25, 0.3) is 0 Å². The predicted octanol–water partition coefficient (Wildman–Crippen LogP) is 4.86. The highest BCUT2D eigenvalue weighted by Crippen LogP contribution is 2.42. The van der Waals surface area contributed by atoms with Crippen molar-refractivity contribution in [3.05, 3.63) is 63.9 Å². The molecular weight excluding hydrogens is 350 g/mol. The molecule has 2 aliphatic rings. The molecule has 0 bridgehead atoms. The van der Waals surface area contributed by atoms with Gasteiger partial charge in [-0.15, -0.1) is 0 Å². The molecule has 1 saturated heterocycles. The van der Waals surface area contributed by atoms with Crippen molar-refractivity contribution in [2.45, 2.75) is 40.2 Å². The van der Waals surface area contributed by atoms with Crippen molar-refractivity contribution in [2.75, 3.05) is 13.1 Å². The molecule has 2 aromatic rings. The molecule has 0 atom stereocenters. The van der Waals surface area contributed by atoms with E-state index in [1.54, 1.807) is 12.1 Å². The van der Waals surface area contributed by atoms with Gasteiger partial charge in [-0.25, -0.2) is 0 Å². The van der Waals surface area contributed by atoms with E-state index in [1.165, 1.54) is 0 Å². The lowest BCUT2D eigenvalue weighted by molar-refractivity contribution is 0.101. The van der Waals surface area contributed by atoms with Crippen LogP contribution >= 0.6 is 0 Å². The molecule has 0 unspecified atom stereocenters. The molecule has 0 saturated carbocycles. The zero-order valence-corrected chi connectivity index (χ0v) is 16.8. The van der Waals surface area contributed by atoms with Gasteiger partial charge in [0, 0.05) is 6.54 Å². The zero-order valence-electron chi connectivity index (χ0n) is 16.8. The number of nitrogens with zero attached hydrogens (tertiary/aromatic N) is 1. The van der Waals surface area contributed by atoms with Crippen molar-refractivity contribution < 1.29 is 14.6 Å². The number of fused-ring (bicyclic) bond motifs is 1. The average molecular weight is 377 g/mol. The molecule has 146 valence electrons. The number of aromatic hydroxyl groups is 1. The Kier molecular flexibility index (Phi) is 4.98. The first kappa shape index (κ1) is 18.8. The number of rotatable bonds is 3. The van der Waals surface area contributed by atoms with Gasteiger partial charge in [0.05, 0.1) is 11.1 Å². The molecule has 0 amide bonds. The minimum absolute atomic E-state index is 0.107. The van der Waals surface area contributed by atoms with Crippen molar-refractivity contribution in [3.8, 4) is 11.5 Å². The van der Waals surface area contributed by atoms with Gasteiger partial charge in [-0.2, -0.15) is 0 Å². The second-order valence-corrected chi connectivity index (χ2v) is 8.15. The number of allylic oxidation sites excluding steroid dienone is 1. The average Bonchev–Trinajstić information content (AvgIpc) is 2.99. The standard InChI is InChI=1S/C24H27NO3/c1-15-8-10-25(11-9-15)14-19-20(26)12-17(3)22-23(27)21(28-24(19)22)13-18-7-5-4-6-16(18)2/h4-7,12-13,15,26H,8-11,14H2,1-3H3/b21-13-. The minimum atomic E-state index is -0.107. The maximum atomic E-state index is 13.0. The van der Waals surface area contributed by atoms with Gasteiger partial charge in [-0.05, 0) is 74.5 Å². The van der Waals surface area contributed by atoms with Crippen LogP contribution in [0, 0.1) is 19.8 Å². The summed E-state index contributed by atoms with van der Waals surface area (Å²) < 4.78 is 6.06. The van der Waals surface area contributed by atoms with Crippen LogP contribution in [0.5, 0.6) is 11.5 Å². The molecule has 0 radical (unpaired) electrons. The van der Waals surface area contributed by atoms with Crippen molar-refractivity contribution in [2.24, 2.45) is 5.92 Å². The maximum absolute atomic E-state index is 13.0. The number of benzene rings is 2. The lowest BCUT2D eigenvalue weighted by Crippen LogP contribution is -2.32. The van der Waals surface area contributed by atoms with Crippen LogP contribution in [-0.4, -0.2) is 28.9 Å². The van der Waals surface area contributed by atoms with E-state index in [0.717, 1.165) is 54.1 Å². The Labute approximate surface area is 166 Å². The zero-order chi connectivity index (χ0) is 19.8. The second kappa shape index (κ2) is 7.44. The normalized spacial score (nSPS) is 19.1. The number of phenols is 1. The fourth-order valence-corrected chi connectivity index (χ4v) is 4.07. The molecule has 2 aromatic carbocycles. The molecule has 0 aliphatic carbocycles. The number of likely N-dealkylation sites (tertiary alicyclic amines) is 1. The van der Waals surface area contributed by atoms with Crippen LogP contribution in [0.4, 0.5) is 0 Å². The lowest BCUT2D eigenvalue weighted by Gasteiger charge is -2.30. The third-order valence-corrected chi connectivity index (χ3v) is 5.95. The summed E-state index contributed by atoms with van der Waals surface area (Å²) in [4.78, 5) is 15.4. The first-order valence-corrected chi connectivity index (χ1v) is 10.0. The summed E-state index contributed by atoms with van der Waals surface area (Å²) in [5.74, 6) is 1.70. The SMILES string of the molecule is Cc1ccccc1/C=C1\Oc2c(CN3CCC(C)CC3)c(O)cc(C)c2C1=O. The van der Waals surface area contributed by atoms with Crippen molar-refractivity contribution in [3.63, 3.8) is 0 Å². The molecular formula is C24H27NO3. The van der Waals surface area contributed by atoms with Gasteiger partial charge in [0.1, 0.15) is 11.5 Å². The second-order valence-electron chi connectivity index (χ2n) is 8.15. The maximum Gasteiger partial charge on any atom is 0.232 e. The van der Waals surface area contributed by atoms with Crippen LogP contribution in [0.25, 0.3) is 6.08 Å². The molecule has 4 nitrogen and oxygen atoms in total. The third-order valence-electron chi connectivity index (χ3n) is 5.95. The topological polar surface area (TPSA) is 49.8 Å². The Morgan fingerprint density at radius 3 is 2.61 bits per heavy atom. The molecule has 2 aliphatic heterocycles. The van der Waals surface area contributed by atoms with E-state index < -0.39 is 0 Å². The quantitative estimate of drug-likeness (QED) is 0.777. The van der Waals surface area contributed by atoms with E-state index in [9.17, 15) is 9.90 Å². The number of hydrogen-bond donors (Lipinski definition) is 1. The van der Waals surface area contributed by atoms with Gasteiger partial charge < -0.3 is 9.84 Å². The molecule has 1 fully saturated rings. The highest BCUT2D eigenvalue weighted by Gasteiger charge is 2.34. The first-order chi connectivity index (χ1) is 13.4. The van der Waals surface area contributed by atoms with Gasteiger partial charge in [-0.1, -0.05) is 31.2 Å². The van der Waals surface area contributed by atoms with E-state index in [-0.39, 0.29) is 11.5 Å². The Balaban J connectivity index is 1.69. The largest absolute Gasteiger partial charge is 0.507 e. The van der Waals surface area contributed by atoms with E-state index >= 15 is 0 Å². The Bertz CT molecular complexity index is 953. The summed E-state index contributed by atoms with van der Waals surface area (Å²) in [6.07, 6.45) is 4.13. The number of phenolic OH excluding ortho intramolecular Hbond substituents is 1. The number of aryl methyl sites for hydroxylation is 2. The summed E-state index contributed by atoms with van der Waals surface area (Å²) >= 11 is 0. The number of Topliss-reactive ketones (excluding diaryl/α,β-unsaturated/α-hetero) is 1. The summed E-state index contributed by atoms with van der Waals surface area (Å²) in [7, 11) is 0. The monoisotopic (exact) mass is 377 g/mol. The Morgan fingerprint density at radius 2 is 1.89 bits per heavy atom. The Morgan fingerprint density at radius 1 is 1.18 bits per heavy atom. The van der Waals surface area contributed by atoms with E-state index in [0.29, 0.717) is 23.6 Å². The number of hydrogen-bond acceptors (Lipinski definition) is 4. The van der Waals surface area contributed by atoms with Crippen molar-refractivity contribution >= 4 is 11.9 Å². The molecule has 4 rings (SSSR count). The summed E-state index contributed by atoms with van der Waals surface area (Å²) in [5.41, 5.74) is 4.10. The molecule has 0 spiro atoms. The first-order valence-electron chi connectivity index (χ1n) is 10.0. The highest BCUT2D eigenvalue weighted by molar-refractivity contribution is 6.15. The number of carbonyl (C=O) groups excluding carboxylic acids is 1.